The summed E-state index contributed by atoms with van der Waals surface area (Å²) in [6.07, 6.45) is 0. The Morgan fingerprint density at radius 3 is 2.48 bits per heavy atom. The van der Waals surface area contributed by atoms with Crippen molar-refractivity contribution < 1.29 is 8.42 Å². The molecule has 0 saturated carbocycles. The fourth-order valence-corrected chi connectivity index (χ4v) is 5.34. The van der Waals surface area contributed by atoms with Gasteiger partial charge in [0.25, 0.3) is 0 Å². The molecular formula is C19H32N4O2S2. The Bertz CT molecular complexity index is 700. The first-order chi connectivity index (χ1) is 12.8. The van der Waals surface area contributed by atoms with Crippen LogP contribution in [-0.4, -0.2) is 68.7 Å². The van der Waals surface area contributed by atoms with Crippen molar-refractivity contribution in [3.63, 3.8) is 0 Å². The fourth-order valence-electron chi connectivity index (χ4n) is 2.85. The minimum atomic E-state index is -3.21. The summed E-state index contributed by atoms with van der Waals surface area (Å²) in [6.45, 7) is 9.25. The van der Waals surface area contributed by atoms with Crippen molar-refractivity contribution in [2.75, 3.05) is 50.0 Å². The van der Waals surface area contributed by atoms with E-state index in [-0.39, 0.29) is 11.2 Å². The highest BCUT2D eigenvalue weighted by molar-refractivity contribution is 7.99. The third-order valence-corrected chi connectivity index (χ3v) is 7.36. The zero-order chi connectivity index (χ0) is 19.8. The van der Waals surface area contributed by atoms with Crippen LogP contribution >= 0.6 is 11.8 Å². The molecule has 0 aromatic heterocycles. The Morgan fingerprint density at radius 1 is 1.19 bits per heavy atom. The Kier molecular flexibility index (Phi) is 8.44. The molecule has 0 aliphatic carbocycles. The Labute approximate surface area is 168 Å². The second kappa shape index (κ2) is 10.3. The van der Waals surface area contributed by atoms with E-state index in [1.54, 1.807) is 16.1 Å². The maximum Gasteiger partial charge on any atom is 0.215 e. The third kappa shape index (κ3) is 7.01. The molecule has 0 unspecified atom stereocenters. The number of guanidine groups is 1. The molecule has 8 heteroatoms. The number of thioether (sulfide) groups is 1. The number of rotatable bonds is 8. The highest BCUT2D eigenvalue weighted by Gasteiger charge is 2.24. The zero-order valence-electron chi connectivity index (χ0n) is 16.6. The van der Waals surface area contributed by atoms with Crippen LogP contribution in [0.25, 0.3) is 0 Å². The first kappa shape index (κ1) is 22.0. The third-order valence-electron chi connectivity index (χ3n) is 4.55. The van der Waals surface area contributed by atoms with E-state index in [9.17, 15) is 8.42 Å². The molecule has 152 valence electrons. The molecule has 1 saturated heterocycles. The average molecular weight is 413 g/mol. The van der Waals surface area contributed by atoms with E-state index in [0.29, 0.717) is 32.1 Å². The van der Waals surface area contributed by atoms with E-state index in [4.69, 9.17) is 0 Å². The molecule has 1 heterocycles. The number of nitrogens with one attached hydrogen (secondary N) is 2. The van der Waals surface area contributed by atoms with Gasteiger partial charge in [0.15, 0.2) is 5.96 Å². The summed E-state index contributed by atoms with van der Waals surface area (Å²) in [7, 11) is -3.21. The van der Waals surface area contributed by atoms with E-state index in [0.717, 1.165) is 18.1 Å². The van der Waals surface area contributed by atoms with E-state index in [2.05, 4.69) is 41.6 Å². The van der Waals surface area contributed by atoms with Crippen LogP contribution in [0.15, 0.2) is 35.3 Å². The minimum absolute atomic E-state index is 0.0875. The van der Waals surface area contributed by atoms with Gasteiger partial charge >= 0.3 is 0 Å². The van der Waals surface area contributed by atoms with Gasteiger partial charge in [-0.05, 0) is 12.5 Å². The summed E-state index contributed by atoms with van der Waals surface area (Å²) in [6, 6.07) is 10.3. The van der Waals surface area contributed by atoms with Crippen LogP contribution in [0.4, 0.5) is 0 Å². The molecule has 0 amide bonds. The quantitative estimate of drug-likeness (QED) is 0.504. The number of hydrogen-bond acceptors (Lipinski definition) is 4. The zero-order valence-corrected chi connectivity index (χ0v) is 18.2. The molecule has 0 spiro atoms. The van der Waals surface area contributed by atoms with Gasteiger partial charge in [-0.25, -0.2) is 12.7 Å². The second-order valence-corrected chi connectivity index (χ2v) is 10.5. The maximum atomic E-state index is 12.4. The molecule has 6 nitrogen and oxygen atoms in total. The molecule has 27 heavy (non-hydrogen) atoms. The highest BCUT2D eigenvalue weighted by Crippen LogP contribution is 2.22. The SMILES string of the molecule is CCNC(=NCC(C)(C)c1ccccc1)NCCS(=O)(=O)N1CCSCC1. The van der Waals surface area contributed by atoms with E-state index < -0.39 is 10.0 Å². The lowest BCUT2D eigenvalue weighted by Gasteiger charge is -2.26. The highest BCUT2D eigenvalue weighted by atomic mass is 32.2. The van der Waals surface area contributed by atoms with Crippen LogP contribution in [0.1, 0.15) is 26.3 Å². The monoisotopic (exact) mass is 412 g/mol. The summed E-state index contributed by atoms with van der Waals surface area (Å²) in [5.74, 6) is 2.51. The number of nitrogens with zero attached hydrogens (tertiary/aromatic N) is 2. The summed E-state index contributed by atoms with van der Waals surface area (Å²) < 4.78 is 26.5. The summed E-state index contributed by atoms with van der Waals surface area (Å²) >= 11 is 1.81. The molecule has 1 aromatic carbocycles. The lowest BCUT2D eigenvalue weighted by molar-refractivity contribution is 0.443. The lowest BCUT2D eigenvalue weighted by Crippen LogP contribution is -2.44. The summed E-state index contributed by atoms with van der Waals surface area (Å²) in [5.41, 5.74) is 1.14. The normalized spacial score (nSPS) is 16.9. The van der Waals surface area contributed by atoms with Crippen molar-refractivity contribution in [3.05, 3.63) is 35.9 Å². The van der Waals surface area contributed by atoms with Crippen LogP contribution < -0.4 is 10.6 Å². The largest absolute Gasteiger partial charge is 0.357 e. The van der Waals surface area contributed by atoms with E-state index in [1.165, 1.54) is 5.56 Å². The topological polar surface area (TPSA) is 73.8 Å². The van der Waals surface area contributed by atoms with Gasteiger partial charge in [-0.15, -0.1) is 0 Å². The molecule has 2 rings (SSSR count). The number of sulfonamides is 1. The van der Waals surface area contributed by atoms with Gasteiger partial charge in [0.1, 0.15) is 0 Å². The van der Waals surface area contributed by atoms with Gasteiger partial charge in [-0.2, -0.15) is 11.8 Å². The van der Waals surface area contributed by atoms with Gasteiger partial charge in [-0.1, -0.05) is 44.2 Å². The molecule has 2 N–H and O–H groups in total. The van der Waals surface area contributed by atoms with E-state index >= 15 is 0 Å². The van der Waals surface area contributed by atoms with Crippen molar-refractivity contribution in [1.82, 2.24) is 14.9 Å². The van der Waals surface area contributed by atoms with Gasteiger partial charge in [0, 0.05) is 43.1 Å². The molecule has 0 radical (unpaired) electrons. The molecule has 0 atom stereocenters. The molecule has 1 aromatic rings. The minimum Gasteiger partial charge on any atom is -0.357 e. The lowest BCUT2D eigenvalue weighted by atomic mass is 9.85. The van der Waals surface area contributed by atoms with Gasteiger partial charge in [0.05, 0.1) is 12.3 Å². The predicted molar refractivity (Wildman–Crippen MR) is 116 cm³/mol. The van der Waals surface area contributed by atoms with Crippen LogP contribution in [0, 0.1) is 0 Å². The van der Waals surface area contributed by atoms with Gasteiger partial charge < -0.3 is 10.6 Å². The number of benzene rings is 1. The van der Waals surface area contributed by atoms with Gasteiger partial charge in [0.2, 0.25) is 10.0 Å². The Morgan fingerprint density at radius 2 is 1.85 bits per heavy atom. The van der Waals surface area contributed by atoms with Crippen molar-refractivity contribution in [1.29, 1.82) is 0 Å². The average Bonchev–Trinajstić information content (AvgIpc) is 2.67. The van der Waals surface area contributed by atoms with Crippen LogP contribution in [-0.2, 0) is 15.4 Å². The fraction of sp³-hybridized carbons (Fsp3) is 0.632. The van der Waals surface area contributed by atoms with Crippen molar-refractivity contribution >= 4 is 27.7 Å². The summed E-state index contributed by atoms with van der Waals surface area (Å²) in [4.78, 5) is 4.68. The van der Waals surface area contributed by atoms with Crippen LogP contribution in [0.5, 0.6) is 0 Å². The molecule has 1 aliphatic heterocycles. The first-order valence-corrected chi connectivity index (χ1v) is 12.2. The second-order valence-electron chi connectivity index (χ2n) is 7.20. The van der Waals surface area contributed by atoms with Crippen LogP contribution in [0.2, 0.25) is 0 Å². The number of hydrogen-bond donors (Lipinski definition) is 2. The molecule has 1 aliphatic rings. The van der Waals surface area contributed by atoms with Gasteiger partial charge in [-0.3, -0.25) is 4.99 Å². The van der Waals surface area contributed by atoms with Crippen LogP contribution in [0.3, 0.4) is 0 Å². The standard InChI is InChI=1S/C19H32N4O2S2/c1-4-20-18(22-16-19(2,3)17-8-6-5-7-9-17)21-10-15-27(24,25)23-11-13-26-14-12-23/h5-9H,4,10-16H2,1-3H3,(H2,20,21,22). The smallest absolute Gasteiger partial charge is 0.215 e. The van der Waals surface area contributed by atoms with E-state index in [1.807, 2.05) is 25.1 Å². The van der Waals surface area contributed by atoms with Crippen molar-refractivity contribution in [2.24, 2.45) is 4.99 Å². The maximum absolute atomic E-state index is 12.4. The molecular weight excluding hydrogens is 380 g/mol. The molecule has 1 fully saturated rings. The molecule has 0 bridgehead atoms. The summed E-state index contributed by atoms with van der Waals surface area (Å²) in [5, 5.41) is 6.37. The Balaban J connectivity index is 1.91. The predicted octanol–water partition coefficient (Wildman–Crippen LogP) is 1.90. The van der Waals surface area contributed by atoms with Crippen molar-refractivity contribution in [3.8, 4) is 0 Å². The first-order valence-electron chi connectivity index (χ1n) is 9.48. The van der Waals surface area contributed by atoms with Crippen molar-refractivity contribution in [2.45, 2.75) is 26.2 Å². The number of aliphatic imine (C=N–C) groups is 1. The Hall–Kier alpha value is -1.25.